The van der Waals surface area contributed by atoms with E-state index in [2.05, 4.69) is 5.32 Å². The van der Waals surface area contributed by atoms with Crippen LogP contribution in [0.4, 0.5) is 5.69 Å². The molecule has 0 atom stereocenters. The van der Waals surface area contributed by atoms with Gasteiger partial charge in [0.2, 0.25) is 5.91 Å². The molecule has 0 aliphatic carbocycles. The average Bonchev–Trinajstić information content (AvgIpc) is 2.74. The van der Waals surface area contributed by atoms with E-state index >= 15 is 0 Å². The Labute approximate surface area is 183 Å². The second kappa shape index (κ2) is 11.7. The van der Waals surface area contributed by atoms with Gasteiger partial charge < -0.3 is 19.7 Å². The van der Waals surface area contributed by atoms with Crippen LogP contribution in [0.1, 0.15) is 30.0 Å². The van der Waals surface area contributed by atoms with Crippen molar-refractivity contribution in [2.75, 3.05) is 32.1 Å². The van der Waals surface area contributed by atoms with Crippen molar-refractivity contribution in [2.45, 2.75) is 33.6 Å². The quantitative estimate of drug-likeness (QED) is 0.590. The summed E-state index contributed by atoms with van der Waals surface area (Å²) < 4.78 is 10.4. The van der Waals surface area contributed by atoms with Crippen molar-refractivity contribution in [2.24, 2.45) is 0 Å². The van der Waals surface area contributed by atoms with Gasteiger partial charge in [0.1, 0.15) is 5.75 Å². The maximum Gasteiger partial charge on any atom is 0.310 e. The van der Waals surface area contributed by atoms with Crippen molar-refractivity contribution < 1.29 is 23.9 Å². The van der Waals surface area contributed by atoms with E-state index in [0.29, 0.717) is 24.4 Å². The van der Waals surface area contributed by atoms with Crippen LogP contribution in [0.3, 0.4) is 0 Å². The third-order valence-corrected chi connectivity index (χ3v) is 4.78. The number of aryl methyl sites for hydroxylation is 2. The number of carbonyl (C=O) groups is 3. The molecule has 0 aliphatic heterocycles. The van der Waals surface area contributed by atoms with E-state index in [1.165, 1.54) is 4.90 Å². The second-order valence-electron chi connectivity index (χ2n) is 7.32. The van der Waals surface area contributed by atoms with Gasteiger partial charge in [-0.05, 0) is 49.1 Å². The number of anilines is 1. The topological polar surface area (TPSA) is 84.9 Å². The maximum atomic E-state index is 12.5. The third-order valence-electron chi connectivity index (χ3n) is 4.78. The highest BCUT2D eigenvalue weighted by atomic mass is 16.5. The summed E-state index contributed by atoms with van der Waals surface area (Å²) in [6, 6.07) is 12.9. The van der Waals surface area contributed by atoms with Crippen molar-refractivity contribution in [3.05, 3.63) is 59.2 Å². The van der Waals surface area contributed by atoms with Gasteiger partial charge >= 0.3 is 5.97 Å². The first kappa shape index (κ1) is 23.9. The summed E-state index contributed by atoms with van der Waals surface area (Å²) in [5.74, 6) is -0.527. The highest BCUT2D eigenvalue weighted by molar-refractivity contribution is 5.95. The highest BCUT2D eigenvalue weighted by Crippen LogP contribution is 2.19. The number of benzene rings is 2. The number of hydrogen-bond donors (Lipinski definition) is 1. The van der Waals surface area contributed by atoms with Crippen molar-refractivity contribution >= 4 is 23.5 Å². The maximum absolute atomic E-state index is 12.5. The molecule has 2 rings (SSSR count). The van der Waals surface area contributed by atoms with Crippen LogP contribution in [0.5, 0.6) is 5.75 Å². The molecule has 2 aromatic carbocycles. The standard InChI is InChI=1S/C24H30N2O5/c1-5-12-26(15-22(27)25-20-9-7-6-8-17(20)2)23(28)16-31-24(29)14-19-11-10-18(3)21(13-19)30-4/h6-11,13H,5,12,14-16H2,1-4H3,(H,25,27). The minimum atomic E-state index is -0.514. The zero-order chi connectivity index (χ0) is 22.8. The van der Waals surface area contributed by atoms with Gasteiger partial charge in [-0.3, -0.25) is 14.4 Å². The summed E-state index contributed by atoms with van der Waals surface area (Å²) >= 11 is 0. The van der Waals surface area contributed by atoms with Gasteiger partial charge in [-0.1, -0.05) is 37.3 Å². The zero-order valence-electron chi connectivity index (χ0n) is 18.6. The van der Waals surface area contributed by atoms with Crippen molar-refractivity contribution in [3.8, 4) is 5.75 Å². The molecule has 0 fully saturated rings. The lowest BCUT2D eigenvalue weighted by molar-refractivity contribution is -0.151. The molecule has 0 saturated heterocycles. The molecule has 7 heteroatoms. The summed E-state index contributed by atoms with van der Waals surface area (Å²) in [6.07, 6.45) is 0.714. The molecule has 0 spiro atoms. The Morgan fingerprint density at radius 1 is 1.03 bits per heavy atom. The predicted molar refractivity (Wildman–Crippen MR) is 119 cm³/mol. The van der Waals surface area contributed by atoms with Crippen LogP contribution in [0, 0.1) is 13.8 Å². The van der Waals surface area contributed by atoms with Gasteiger partial charge in [0.25, 0.3) is 5.91 Å². The second-order valence-corrected chi connectivity index (χ2v) is 7.32. The van der Waals surface area contributed by atoms with Crippen molar-refractivity contribution in [1.82, 2.24) is 4.90 Å². The largest absolute Gasteiger partial charge is 0.496 e. The van der Waals surface area contributed by atoms with Crippen LogP contribution in [0.15, 0.2) is 42.5 Å². The predicted octanol–water partition coefficient (Wildman–Crippen LogP) is 3.28. The van der Waals surface area contributed by atoms with Gasteiger partial charge in [-0.25, -0.2) is 0 Å². The summed E-state index contributed by atoms with van der Waals surface area (Å²) in [5, 5.41) is 2.81. The van der Waals surface area contributed by atoms with E-state index < -0.39 is 18.5 Å². The molecule has 31 heavy (non-hydrogen) atoms. The number of carbonyl (C=O) groups excluding carboxylic acids is 3. The van der Waals surface area contributed by atoms with E-state index in [9.17, 15) is 14.4 Å². The first-order valence-electron chi connectivity index (χ1n) is 10.3. The number of para-hydroxylation sites is 1. The molecule has 7 nitrogen and oxygen atoms in total. The van der Waals surface area contributed by atoms with Gasteiger partial charge in [0.15, 0.2) is 6.61 Å². The van der Waals surface area contributed by atoms with E-state index in [1.807, 2.05) is 51.1 Å². The number of ether oxygens (including phenoxy) is 2. The van der Waals surface area contributed by atoms with Gasteiger partial charge in [0, 0.05) is 12.2 Å². The lowest BCUT2D eigenvalue weighted by Crippen LogP contribution is -2.41. The molecular formula is C24H30N2O5. The average molecular weight is 427 g/mol. The Morgan fingerprint density at radius 2 is 1.77 bits per heavy atom. The van der Waals surface area contributed by atoms with E-state index in [1.54, 1.807) is 19.2 Å². The molecule has 0 bridgehead atoms. The Bertz CT molecular complexity index is 926. The van der Waals surface area contributed by atoms with Crippen LogP contribution in [0.2, 0.25) is 0 Å². The lowest BCUT2D eigenvalue weighted by atomic mass is 10.1. The van der Waals surface area contributed by atoms with Crippen molar-refractivity contribution in [1.29, 1.82) is 0 Å². The molecule has 0 saturated carbocycles. The third kappa shape index (κ3) is 7.44. The van der Waals surface area contributed by atoms with E-state index in [-0.39, 0.29) is 18.9 Å². The monoisotopic (exact) mass is 426 g/mol. The number of nitrogens with zero attached hydrogens (tertiary/aromatic N) is 1. The SMILES string of the molecule is CCCN(CC(=O)Nc1ccccc1C)C(=O)COC(=O)Cc1ccc(C)c(OC)c1. The molecule has 0 heterocycles. The number of amides is 2. The minimum Gasteiger partial charge on any atom is -0.496 e. The van der Waals surface area contributed by atoms with Crippen molar-refractivity contribution in [3.63, 3.8) is 0 Å². The molecule has 2 amide bonds. The van der Waals surface area contributed by atoms with Gasteiger partial charge in [-0.2, -0.15) is 0 Å². The molecule has 0 unspecified atom stereocenters. The number of rotatable bonds is 10. The summed E-state index contributed by atoms with van der Waals surface area (Å²) in [7, 11) is 1.57. The van der Waals surface area contributed by atoms with Crippen LogP contribution in [0.25, 0.3) is 0 Å². The molecule has 2 aromatic rings. The van der Waals surface area contributed by atoms with Crippen LogP contribution in [-0.2, 0) is 25.5 Å². The summed E-state index contributed by atoms with van der Waals surface area (Å²) in [4.78, 5) is 38.5. The number of esters is 1. The first-order valence-corrected chi connectivity index (χ1v) is 10.3. The number of methoxy groups -OCH3 is 1. The fourth-order valence-corrected chi connectivity index (χ4v) is 3.06. The number of nitrogens with one attached hydrogen (secondary N) is 1. The highest BCUT2D eigenvalue weighted by Gasteiger charge is 2.19. The van der Waals surface area contributed by atoms with Crippen LogP contribution in [-0.4, -0.2) is 49.5 Å². The van der Waals surface area contributed by atoms with Gasteiger partial charge in [0.05, 0.1) is 20.1 Å². The fourth-order valence-electron chi connectivity index (χ4n) is 3.06. The van der Waals surface area contributed by atoms with Crippen LogP contribution >= 0.6 is 0 Å². The Balaban J connectivity index is 1.89. The molecular weight excluding hydrogens is 396 g/mol. The fraction of sp³-hybridized carbons (Fsp3) is 0.375. The Hall–Kier alpha value is -3.35. The summed E-state index contributed by atoms with van der Waals surface area (Å²) in [6.45, 7) is 5.61. The molecule has 1 N–H and O–H groups in total. The number of hydrogen-bond acceptors (Lipinski definition) is 5. The Morgan fingerprint density at radius 3 is 2.45 bits per heavy atom. The van der Waals surface area contributed by atoms with Crippen LogP contribution < -0.4 is 10.1 Å². The van der Waals surface area contributed by atoms with E-state index in [4.69, 9.17) is 9.47 Å². The van der Waals surface area contributed by atoms with E-state index in [0.717, 1.165) is 16.7 Å². The minimum absolute atomic E-state index is 0.0332. The first-order chi connectivity index (χ1) is 14.8. The normalized spacial score (nSPS) is 10.3. The molecule has 166 valence electrons. The van der Waals surface area contributed by atoms with Gasteiger partial charge in [-0.15, -0.1) is 0 Å². The smallest absolute Gasteiger partial charge is 0.310 e. The summed E-state index contributed by atoms with van der Waals surface area (Å²) in [5.41, 5.74) is 3.35. The molecule has 0 aromatic heterocycles. The Kier molecular flexibility index (Phi) is 9.06. The molecule has 0 aliphatic rings. The zero-order valence-corrected chi connectivity index (χ0v) is 18.6. The lowest BCUT2D eigenvalue weighted by Gasteiger charge is -2.21. The molecule has 0 radical (unpaired) electrons.